The molecule has 26 heavy (non-hydrogen) atoms. The summed E-state index contributed by atoms with van der Waals surface area (Å²) in [6.07, 6.45) is -0.804. The smallest absolute Gasteiger partial charge is 0.303 e. The molecule has 2 unspecified atom stereocenters. The van der Waals surface area contributed by atoms with E-state index in [0.717, 1.165) is 26.5 Å². The van der Waals surface area contributed by atoms with Crippen molar-refractivity contribution in [3.8, 4) is 0 Å². The number of anilines is 1. The molecule has 0 saturated carbocycles. The van der Waals surface area contributed by atoms with Crippen LogP contribution in [0.5, 0.6) is 0 Å². The number of amides is 1. The van der Waals surface area contributed by atoms with E-state index in [9.17, 15) is 9.59 Å². The van der Waals surface area contributed by atoms with Gasteiger partial charge in [0.1, 0.15) is 6.04 Å². The lowest BCUT2D eigenvalue weighted by molar-refractivity contribution is -0.160. The van der Waals surface area contributed by atoms with Gasteiger partial charge in [-0.25, -0.2) is 0 Å². The highest BCUT2D eigenvalue weighted by molar-refractivity contribution is 9.10. The molecule has 3 aromatic rings. The normalized spacial score (nSPS) is 19.3. The monoisotopic (exact) mass is 409 g/mol. The molecule has 2 atom stereocenters. The van der Waals surface area contributed by atoms with Crippen molar-refractivity contribution in [3.63, 3.8) is 0 Å². The first kappa shape index (κ1) is 16.8. The van der Waals surface area contributed by atoms with Crippen LogP contribution in [-0.4, -0.2) is 18.0 Å². The Kier molecular flexibility index (Phi) is 4.24. The van der Waals surface area contributed by atoms with Crippen molar-refractivity contribution in [2.24, 2.45) is 0 Å². The second-order valence-corrected chi connectivity index (χ2v) is 7.14. The summed E-state index contributed by atoms with van der Waals surface area (Å²) in [5, 5.41) is 2.13. The lowest BCUT2D eigenvalue weighted by Crippen LogP contribution is -2.60. The van der Waals surface area contributed by atoms with Gasteiger partial charge in [0, 0.05) is 17.1 Å². The van der Waals surface area contributed by atoms with Crippen LogP contribution in [0.25, 0.3) is 10.8 Å². The topological polar surface area (TPSA) is 46.6 Å². The van der Waals surface area contributed by atoms with Gasteiger partial charge in [-0.15, -0.1) is 0 Å². The van der Waals surface area contributed by atoms with Gasteiger partial charge in [0.05, 0.1) is 0 Å². The molecule has 0 bridgehead atoms. The zero-order valence-electron chi connectivity index (χ0n) is 14.1. The van der Waals surface area contributed by atoms with Crippen LogP contribution in [-0.2, 0) is 14.3 Å². The van der Waals surface area contributed by atoms with Crippen LogP contribution >= 0.6 is 15.9 Å². The van der Waals surface area contributed by atoms with Crippen LogP contribution in [0, 0.1) is 0 Å². The van der Waals surface area contributed by atoms with Crippen LogP contribution in [0.2, 0.25) is 0 Å². The van der Waals surface area contributed by atoms with Gasteiger partial charge in [0.15, 0.2) is 0 Å². The lowest BCUT2D eigenvalue weighted by atomic mass is 9.86. The van der Waals surface area contributed by atoms with Crippen molar-refractivity contribution >= 4 is 44.3 Å². The quantitative estimate of drug-likeness (QED) is 0.468. The van der Waals surface area contributed by atoms with Crippen molar-refractivity contribution in [1.82, 2.24) is 0 Å². The zero-order chi connectivity index (χ0) is 18.3. The Hall–Kier alpha value is -2.66. The van der Waals surface area contributed by atoms with Crippen molar-refractivity contribution in [3.05, 3.63) is 76.8 Å². The van der Waals surface area contributed by atoms with Crippen LogP contribution in [0.15, 0.2) is 71.2 Å². The first-order valence-corrected chi connectivity index (χ1v) is 9.09. The summed E-state index contributed by atoms with van der Waals surface area (Å²) in [7, 11) is 0. The Morgan fingerprint density at radius 1 is 1.00 bits per heavy atom. The van der Waals surface area contributed by atoms with Gasteiger partial charge >= 0.3 is 5.97 Å². The number of nitrogens with zero attached hydrogens (tertiary/aromatic N) is 1. The van der Waals surface area contributed by atoms with Crippen LogP contribution in [0.3, 0.4) is 0 Å². The Balaban J connectivity index is 1.83. The number of fused-ring (bicyclic) bond motifs is 1. The zero-order valence-corrected chi connectivity index (χ0v) is 15.6. The minimum absolute atomic E-state index is 0.208. The Morgan fingerprint density at radius 3 is 2.42 bits per heavy atom. The highest BCUT2D eigenvalue weighted by Crippen LogP contribution is 2.43. The van der Waals surface area contributed by atoms with Gasteiger partial charge in [0.25, 0.3) is 5.91 Å². The minimum Gasteiger partial charge on any atom is -0.450 e. The van der Waals surface area contributed by atoms with Gasteiger partial charge in [-0.05, 0) is 40.6 Å². The summed E-state index contributed by atoms with van der Waals surface area (Å²) in [5.41, 5.74) is 1.75. The molecule has 0 N–H and O–H groups in total. The number of rotatable bonds is 3. The number of carbonyl (C=O) groups is 2. The highest BCUT2D eigenvalue weighted by atomic mass is 79.9. The van der Waals surface area contributed by atoms with E-state index < -0.39 is 12.1 Å². The molecular formula is C21H16BrNO3. The SMILES string of the molecule is CC(=O)OC1C(=O)N(c2ccc(Br)cc2)C1c1cccc2ccccc12. The first-order valence-electron chi connectivity index (χ1n) is 8.30. The molecule has 1 heterocycles. The molecule has 4 nitrogen and oxygen atoms in total. The van der Waals surface area contributed by atoms with Crippen molar-refractivity contribution in [2.45, 2.75) is 19.1 Å². The number of β-lactam (4-membered cyclic amide) rings is 1. The number of hydrogen-bond acceptors (Lipinski definition) is 3. The molecule has 130 valence electrons. The second kappa shape index (κ2) is 6.57. The number of esters is 1. The molecule has 0 aliphatic carbocycles. The molecule has 5 heteroatoms. The number of ether oxygens (including phenoxy) is 1. The Labute approximate surface area is 159 Å². The Morgan fingerprint density at radius 2 is 1.69 bits per heavy atom. The van der Waals surface area contributed by atoms with E-state index in [1.54, 1.807) is 4.90 Å². The van der Waals surface area contributed by atoms with E-state index in [1.165, 1.54) is 6.92 Å². The third-order valence-electron chi connectivity index (χ3n) is 4.59. The molecular weight excluding hydrogens is 394 g/mol. The van der Waals surface area contributed by atoms with Crippen LogP contribution in [0.4, 0.5) is 5.69 Å². The fourth-order valence-electron chi connectivity index (χ4n) is 3.46. The summed E-state index contributed by atoms with van der Waals surface area (Å²) in [5.74, 6) is -0.663. The molecule has 1 fully saturated rings. The molecule has 0 spiro atoms. The maximum Gasteiger partial charge on any atom is 0.303 e. The summed E-state index contributed by atoms with van der Waals surface area (Å²) < 4.78 is 6.29. The largest absolute Gasteiger partial charge is 0.450 e. The number of halogens is 1. The van der Waals surface area contributed by atoms with Crippen LogP contribution in [0.1, 0.15) is 18.5 Å². The highest BCUT2D eigenvalue weighted by Gasteiger charge is 2.51. The average Bonchev–Trinajstić information content (AvgIpc) is 2.65. The molecule has 3 aromatic carbocycles. The van der Waals surface area contributed by atoms with Gasteiger partial charge < -0.3 is 4.74 Å². The van der Waals surface area contributed by atoms with Crippen LogP contribution < -0.4 is 4.90 Å². The minimum atomic E-state index is -0.804. The van der Waals surface area contributed by atoms with Crippen molar-refractivity contribution in [1.29, 1.82) is 0 Å². The van der Waals surface area contributed by atoms with E-state index in [0.29, 0.717) is 0 Å². The molecule has 1 aliphatic rings. The number of carbonyl (C=O) groups excluding carboxylic acids is 2. The number of benzene rings is 3. The summed E-state index contributed by atoms with van der Waals surface area (Å²) >= 11 is 3.41. The van der Waals surface area contributed by atoms with E-state index in [1.807, 2.05) is 66.7 Å². The fourth-order valence-corrected chi connectivity index (χ4v) is 3.72. The molecule has 1 amide bonds. The van der Waals surface area contributed by atoms with E-state index in [-0.39, 0.29) is 11.9 Å². The fraction of sp³-hybridized carbons (Fsp3) is 0.143. The summed E-state index contributed by atoms with van der Waals surface area (Å²) in [6.45, 7) is 1.33. The van der Waals surface area contributed by atoms with Gasteiger partial charge in [-0.3, -0.25) is 14.5 Å². The molecule has 0 radical (unpaired) electrons. The van der Waals surface area contributed by atoms with Gasteiger partial charge in [-0.1, -0.05) is 58.4 Å². The van der Waals surface area contributed by atoms with E-state index in [2.05, 4.69) is 15.9 Å². The predicted octanol–water partition coefficient (Wildman–Crippen LogP) is 4.62. The van der Waals surface area contributed by atoms with Crippen molar-refractivity contribution < 1.29 is 14.3 Å². The standard InChI is InChI=1S/C21H16BrNO3/c1-13(24)26-20-19(18-8-4-6-14-5-2-3-7-17(14)18)23(21(20)25)16-11-9-15(22)10-12-16/h2-12,19-20H,1H3. The number of hydrogen-bond donors (Lipinski definition) is 0. The van der Waals surface area contributed by atoms with Crippen molar-refractivity contribution in [2.75, 3.05) is 4.90 Å². The summed E-state index contributed by atoms with van der Waals surface area (Å²) in [4.78, 5) is 26.0. The maximum atomic E-state index is 12.7. The van der Waals surface area contributed by atoms with E-state index in [4.69, 9.17) is 4.74 Å². The summed E-state index contributed by atoms with van der Waals surface area (Å²) in [6, 6.07) is 21.2. The molecule has 4 rings (SSSR count). The second-order valence-electron chi connectivity index (χ2n) is 6.23. The third-order valence-corrected chi connectivity index (χ3v) is 5.11. The molecule has 1 aliphatic heterocycles. The molecule has 1 saturated heterocycles. The van der Waals surface area contributed by atoms with E-state index >= 15 is 0 Å². The Bertz CT molecular complexity index is 994. The first-order chi connectivity index (χ1) is 12.6. The molecule has 0 aromatic heterocycles. The average molecular weight is 410 g/mol. The lowest BCUT2D eigenvalue weighted by Gasteiger charge is -2.46. The van der Waals surface area contributed by atoms with Gasteiger partial charge in [0.2, 0.25) is 6.10 Å². The van der Waals surface area contributed by atoms with Gasteiger partial charge in [-0.2, -0.15) is 0 Å². The third kappa shape index (κ3) is 2.78. The predicted molar refractivity (Wildman–Crippen MR) is 104 cm³/mol. The maximum absolute atomic E-state index is 12.7.